The summed E-state index contributed by atoms with van der Waals surface area (Å²) in [5.41, 5.74) is 1.03. The van der Waals surface area contributed by atoms with Gasteiger partial charge < -0.3 is 9.47 Å². The molecule has 0 radical (unpaired) electrons. The van der Waals surface area contributed by atoms with Crippen molar-refractivity contribution < 1.29 is 23.9 Å². The van der Waals surface area contributed by atoms with Crippen LogP contribution < -0.4 is 4.74 Å². The van der Waals surface area contributed by atoms with Crippen molar-refractivity contribution in [3.63, 3.8) is 0 Å². The Balaban J connectivity index is 1.26. The molecule has 0 fully saturated rings. The zero-order chi connectivity index (χ0) is 21.8. The third-order valence-electron chi connectivity index (χ3n) is 5.05. The van der Waals surface area contributed by atoms with Crippen LogP contribution in [0.25, 0.3) is 10.8 Å². The van der Waals surface area contributed by atoms with E-state index < -0.39 is 0 Å². The second kappa shape index (κ2) is 9.31. The quantitative estimate of drug-likeness (QED) is 0.267. The first-order valence-electron chi connectivity index (χ1n) is 9.96. The van der Waals surface area contributed by atoms with Crippen molar-refractivity contribution in [1.82, 2.24) is 4.90 Å². The summed E-state index contributed by atoms with van der Waals surface area (Å²) in [7, 11) is 0. The summed E-state index contributed by atoms with van der Waals surface area (Å²) < 4.78 is 11.6. The lowest BCUT2D eigenvalue weighted by atomic mass is 9.94. The van der Waals surface area contributed by atoms with Crippen LogP contribution >= 0.6 is 15.9 Å². The number of carbonyl (C=O) groups is 3. The molecule has 0 saturated carbocycles. The van der Waals surface area contributed by atoms with Crippen molar-refractivity contribution in [3.05, 3.63) is 76.3 Å². The number of halogens is 1. The topological polar surface area (TPSA) is 72.9 Å². The first-order valence-corrected chi connectivity index (χ1v) is 10.8. The Bertz CT molecular complexity index is 1090. The summed E-state index contributed by atoms with van der Waals surface area (Å²) in [4.78, 5) is 38.8. The number of hydrogen-bond acceptors (Lipinski definition) is 5. The van der Waals surface area contributed by atoms with Gasteiger partial charge in [0, 0.05) is 34.0 Å². The minimum absolute atomic E-state index is 0.112. The molecule has 7 heteroatoms. The Labute approximate surface area is 187 Å². The van der Waals surface area contributed by atoms with E-state index >= 15 is 0 Å². The van der Waals surface area contributed by atoms with Crippen molar-refractivity contribution in [1.29, 1.82) is 0 Å². The van der Waals surface area contributed by atoms with Gasteiger partial charge in [-0.25, -0.2) is 0 Å². The molecule has 0 saturated heterocycles. The molecule has 3 aromatic rings. The minimum Gasteiger partial charge on any atom is -0.490 e. The van der Waals surface area contributed by atoms with Gasteiger partial charge in [-0.2, -0.15) is 0 Å². The molecule has 1 aliphatic heterocycles. The van der Waals surface area contributed by atoms with Crippen molar-refractivity contribution in [2.24, 2.45) is 0 Å². The van der Waals surface area contributed by atoms with Crippen LogP contribution in [0.5, 0.6) is 5.75 Å². The van der Waals surface area contributed by atoms with Crippen molar-refractivity contribution >= 4 is 44.5 Å². The predicted octanol–water partition coefficient (Wildman–Crippen LogP) is 4.60. The van der Waals surface area contributed by atoms with Gasteiger partial charge in [0.25, 0.3) is 11.8 Å². The Hall–Kier alpha value is -3.19. The summed E-state index contributed by atoms with van der Waals surface area (Å²) in [5.74, 6) is -0.355. The van der Waals surface area contributed by atoms with E-state index in [2.05, 4.69) is 15.9 Å². The van der Waals surface area contributed by atoms with E-state index in [4.69, 9.17) is 9.47 Å². The summed E-state index contributed by atoms with van der Waals surface area (Å²) in [5, 5.41) is 1.56. The van der Waals surface area contributed by atoms with Gasteiger partial charge in [-0.1, -0.05) is 40.2 Å². The number of carbonyl (C=O) groups excluding carboxylic acids is 3. The van der Waals surface area contributed by atoms with E-state index in [0.29, 0.717) is 28.7 Å². The zero-order valence-corrected chi connectivity index (χ0v) is 18.3. The fourth-order valence-electron chi connectivity index (χ4n) is 3.58. The fraction of sp³-hybridized carbons (Fsp3) is 0.208. The van der Waals surface area contributed by atoms with Crippen LogP contribution in [0.2, 0.25) is 0 Å². The number of ether oxygens (including phenoxy) is 2. The number of esters is 1. The minimum atomic E-state index is -0.390. The molecule has 31 heavy (non-hydrogen) atoms. The van der Waals surface area contributed by atoms with Crippen LogP contribution in [0.4, 0.5) is 0 Å². The highest BCUT2D eigenvalue weighted by atomic mass is 79.9. The number of imide groups is 1. The Morgan fingerprint density at radius 3 is 2.16 bits per heavy atom. The molecule has 1 aliphatic rings. The number of benzene rings is 3. The maximum atomic E-state index is 12.8. The predicted molar refractivity (Wildman–Crippen MR) is 119 cm³/mol. The van der Waals surface area contributed by atoms with Gasteiger partial charge in [0.2, 0.25) is 0 Å². The number of amides is 2. The zero-order valence-electron chi connectivity index (χ0n) is 16.7. The van der Waals surface area contributed by atoms with Crippen LogP contribution in [0.1, 0.15) is 33.6 Å². The van der Waals surface area contributed by atoms with Gasteiger partial charge in [0.05, 0.1) is 0 Å². The largest absolute Gasteiger partial charge is 0.490 e. The molecule has 0 aliphatic carbocycles. The average molecular weight is 482 g/mol. The molecular formula is C24H20BrNO5. The van der Waals surface area contributed by atoms with E-state index in [1.165, 1.54) is 4.90 Å². The molecule has 4 rings (SSSR count). The molecule has 0 atom stereocenters. The van der Waals surface area contributed by atoms with Crippen LogP contribution in [0.3, 0.4) is 0 Å². The molecule has 0 bridgehead atoms. The number of nitrogens with zero attached hydrogens (tertiary/aromatic N) is 1. The Morgan fingerprint density at radius 2 is 1.52 bits per heavy atom. The van der Waals surface area contributed by atoms with E-state index in [-0.39, 0.29) is 44.0 Å². The molecular weight excluding hydrogens is 462 g/mol. The van der Waals surface area contributed by atoms with Gasteiger partial charge in [-0.3, -0.25) is 19.3 Å². The lowest BCUT2D eigenvalue weighted by molar-refractivity contribution is -0.144. The van der Waals surface area contributed by atoms with E-state index in [9.17, 15) is 14.4 Å². The molecule has 158 valence electrons. The van der Waals surface area contributed by atoms with E-state index in [1.54, 1.807) is 24.3 Å². The standard InChI is InChI=1S/C24H20BrNO5/c25-17-9-11-18(12-10-17)30-14-15-31-21(27)8-3-13-26-23(28)19-6-1-4-16-5-2-7-20(22(16)19)24(26)29/h1-2,4-7,9-12H,3,8,13-15H2. The van der Waals surface area contributed by atoms with E-state index in [1.807, 2.05) is 36.4 Å². The van der Waals surface area contributed by atoms with Gasteiger partial charge in [-0.05, 0) is 48.2 Å². The summed E-state index contributed by atoms with van der Waals surface area (Å²) in [6.07, 6.45) is 0.448. The summed E-state index contributed by atoms with van der Waals surface area (Å²) in [6, 6.07) is 18.2. The lowest BCUT2D eigenvalue weighted by Gasteiger charge is -2.27. The normalized spacial score (nSPS) is 12.9. The van der Waals surface area contributed by atoms with Crippen molar-refractivity contribution in [3.8, 4) is 5.75 Å². The molecule has 1 heterocycles. The highest BCUT2D eigenvalue weighted by Gasteiger charge is 2.32. The second-order valence-electron chi connectivity index (χ2n) is 7.10. The highest BCUT2D eigenvalue weighted by Crippen LogP contribution is 2.30. The maximum absolute atomic E-state index is 12.8. The summed E-state index contributed by atoms with van der Waals surface area (Å²) in [6.45, 7) is 0.538. The third kappa shape index (κ3) is 4.61. The molecule has 3 aromatic carbocycles. The van der Waals surface area contributed by atoms with Gasteiger partial charge in [-0.15, -0.1) is 0 Å². The molecule has 0 N–H and O–H groups in total. The second-order valence-corrected chi connectivity index (χ2v) is 8.01. The highest BCUT2D eigenvalue weighted by molar-refractivity contribution is 9.10. The molecule has 0 aromatic heterocycles. The van der Waals surface area contributed by atoms with Gasteiger partial charge in [0.15, 0.2) is 0 Å². The van der Waals surface area contributed by atoms with Crippen LogP contribution in [0, 0.1) is 0 Å². The fourth-order valence-corrected chi connectivity index (χ4v) is 3.85. The third-order valence-corrected chi connectivity index (χ3v) is 5.58. The van der Waals surface area contributed by atoms with Gasteiger partial charge >= 0.3 is 5.97 Å². The van der Waals surface area contributed by atoms with E-state index in [0.717, 1.165) is 9.86 Å². The maximum Gasteiger partial charge on any atom is 0.305 e. The first-order chi connectivity index (χ1) is 15.0. The Morgan fingerprint density at radius 1 is 0.871 bits per heavy atom. The smallest absolute Gasteiger partial charge is 0.305 e. The number of rotatable bonds is 8. The van der Waals surface area contributed by atoms with Crippen LogP contribution in [-0.4, -0.2) is 42.4 Å². The average Bonchev–Trinajstić information content (AvgIpc) is 2.78. The molecule has 6 nitrogen and oxygen atoms in total. The molecule has 0 spiro atoms. The van der Waals surface area contributed by atoms with Crippen molar-refractivity contribution in [2.45, 2.75) is 12.8 Å². The van der Waals surface area contributed by atoms with Crippen molar-refractivity contribution in [2.75, 3.05) is 19.8 Å². The van der Waals surface area contributed by atoms with Crippen LogP contribution in [-0.2, 0) is 9.53 Å². The monoisotopic (exact) mass is 481 g/mol. The van der Waals surface area contributed by atoms with Gasteiger partial charge in [0.1, 0.15) is 19.0 Å². The summed E-state index contributed by atoms with van der Waals surface area (Å²) >= 11 is 3.35. The Kier molecular flexibility index (Phi) is 6.32. The molecule has 0 unspecified atom stereocenters. The number of hydrogen-bond donors (Lipinski definition) is 0. The SMILES string of the molecule is O=C(CCCN1C(=O)c2cccc3cccc(c23)C1=O)OCCOc1ccc(Br)cc1. The first kappa shape index (κ1) is 21.1. The molecule has 2 amide bonds. The van der Waals surface area contributed by atoms with Crippen LogP contribution in [0.15, 0.2) is 65.1 Å². The lowest BCUT2D eigenvalue weighted by Crippen LogP contribution is -2.41.